The number of carbonyl (C=O) groups is 1. The average Bonchev–Trinajstić information content (AvgIpc) is 2.41. The van der Waals surface area contributed by atoms with Gasteiger partial charge in [0.25, 0.3) is 5.91 Å². The van der Waals surface area contributed by atoms with Gasteiger partial charge in [0.05, 0.1) is 0 Å². The lowest BCUT2D eigenvalue weighted by atomic mass is 10.4. The average molecular weight is 203 g/mol. The second kappa shape index (κ2) is 4.25. The van der Waals surface area contributed by atoms with Gasteiger partial charge in [0.1, 0.15) is 5.69 Å². The number of halogens is 1. The molecule has 1 rings (SSSR count). The zero-order chi connectivity index (χ0) is 9.84. The van der Waals surface area contributed by atoms with E-state index in [0.717, 1.165) is 0 Å². The van der Waals surface area contributed by atoms with Gasteiger partial charge < -0.3 is 0 Å². The van der Waals surface area contributed by atoms with Crippen LogP contribution in [-0.4, -0.2) is 22.2 Å². The lowest BCUT2D eigenvalue weighted by molar-refractivity contribution is 0.0925. The number of aromatic nitrogens is 2. The largest absolute Gasteiger partial charge is 0.286 e. The molecular weight excluding hydrogens is 192 g/mol. The van der Waals surface area contributed by atoms with Gasteiger partial charge >= 0.3 is 0 Å². The van der Waals surface area contributed by atoms with Crippen LogP contribution < -0.4 is 10.9 Å². The van der Waals surface area contributed by atoms with Crippen LogP contribution in [0.1, 0.15) is 17.4 Å². The third-order valence-corrected chi connectivity index (χ3v) is 1.65. The van der Waals surface area contributed by atoms with Crippen LogP contribution in [-0.2, 0) is 7.05 Å². The van der Waals surface area contributed by atoms with Crippen molar-refractivity contribution >= 4 is 17.5 Å². The van der Waals surface area contributed by atoms with Crippen molar-refractivity contribution in [2.75, 3.05) is 6.54 Å². The lowest BCUT2D eigenvalue weighted by Crippen LogP contribution is -2.37. The summed E-state index contributed by atoms with van der Waals surface area (Å²) in [7, 11) is 1.66. The van der Waals surface area contributed by atoms with Crippen LogP contribution in [0.15, 0.2) is 6.07 Å². The predicted octanol–water partition coefficient (Wildman–Crippen LogP) is 0.328. The molecule has 13 heavy (non-hydrogen) atoms. The van der Waals surface area contributed by atoms with E-state index in [-0.39, 0.29) is 5.91 Å². The number of amides is 1. The van der Waals surface area contributed by atoms with Gasteiger partial charge in [-0.15, -0.1) is 0 Å². The Hall–Kier alpha value is -1.07. The summed E-state index contributed by atoms with van der Waals surface area (Å²) in [4.78, 5) is 11.3. The van der Waals surface area contributed by atoms with Crippen LogP contribution in [0.25, 0.3) is 0 Å². The first-order chi connectivity index (χ1) is 6.15. The molecule has 0 unspecified atom stereocenters. The molecule has 2 N–H and O–H groups in total. The molecule has 0 fully saturated rings. The molecule has 0 atom stereocenters. The summed E-state index contributed by atoms with van der Waals surface area (Å²) in [5, 5.41) is 4.14. The molecule has 0 saturated carbocycles. The van der Waals surface area contributed by atoms with Gasteiger partial charge in [-0.05, 0) is 0 Å². The summed E-state index contributed by atoms with van der Waals surface area (Å²) in [5.41, 5.74) is 5.62. The highest BCUT2D eigenvalue weighted by molar-refractivity contribution is 6.29. The third kappa shape index (κ3) is 2.43. The molecular formula is C7H11ClN4O. The summed E-state index contributed by atoms with van der Waals surface area (Å²) < 4.78 is 1.43. The van der Waals surface area contributed by atoms with Crippen LogP contribution in [0, 0.1) is 0 Å². The highest BCUT2D eigenvalue weighted by atomic mass is 35.5. The summed E-state index contributed by atoms with van der Waals surface area (Å²) in [6, 6.07) is 1.51. The van der Waals surface area contributed by atoms with Crippen LogP contribution in [0.5, 0.6) is 0 Å². The number of hydrogen-bond donors (Lipinski definition) is 2. The van der Waals surface area contributed by atoms with Gasteiger partial charge in [-0.1, -0.05) is 18.5 Å². The Bertz CT molecular complexity index is 309. The van der Waals surface area contributed by atoms with E-state index in [0.29, 0.717) is 17.4 Å². The standard InChI is InChI=1S/C7H11ClN4O/c1-3-9-10-7(13)5-4-6(8)11-12(5)2/h4,9H,3H2,1-2H3,(H,10,13). The Labute approximate surface area is 81.0 Å². The quantitative estimate of drug-likeness (QED) is 0.695. The van der Waals surface area contributed by atoms with Crippen molar-refractivity contribution in [3.8, 4) is 0 Å². The van der Waals surface area contributed by atoms with Crippen molar-refractivity contribution in [1.29, 1.82) is 0 Å². The summed E-state index contributed by atoms with van der Waals surface area (Å²) >= 11 is 5.61. The Morgan fingerprint density at radius 1 is 1.77 bits per heavy atom. The minimum atomic E-state index is -0.247. The van der Waals surface area contributed by atoms with Crippen molar-refractivity contribution in [3.05, 3.63) is 16.9 Å². The Morgan fingerprint density at radius 2 is 2.46 bits per heavy atom. The Morgan fingerprint density at radius 3 is 2.92 bits per heavy atom. The highest BCUT2D eigenvalue weighted by Gasteiger charge is 2.10. The van der Waals surface area contributed by atoms with E-state index in [4.69, 9.17) is 11.6 Å². The monoisotopic (exact) mass is 202 g/mol. The molecule has 1 amide bonds. The Kier molecular flexibility index (Phi) is 3.27. The zero-order valence-corrected chi connectivity index (χ0v) is 8.22. The molecule has 0 saturated heterocycles. The number of nitrogens with zero attached hydrogens (tertiary/aromatic N) is 2. The molecule has 5 nitrogen and oxygen atoms in total. The van der Waals surface area contributed by atoms with Crippen molar-refractivity contribution < 1.29 is 4.79 Å². The van der Waals surface area contributed by atoms with Gasteiger partial charge in [-0.2, -0.15) is 5.10 Å². The van der Waals surface area contributed by atoms with Gasteiger partial charge in [-0.3, -0.25) is 14.9 Å². The van der Waals surface area contributed by atoms with Gasteiger partial charge in [0, 0.05) is 19.7 Å². The Balaban J connectivity index is 2.70. The normalized spacial score (nSPS) is 10.1. The van der Waals surface area contributed by atoms with Gasteiger partial charge in [0.2, 0.25) is 0 Å². The number of hydrogen-bond acceptors (Lipinski definition) is 3. The molecule has 0 bridgehead atoms. The molecule has 1 heterocycles. The number of carbonyl (C=O) groups excluding carboxylic acids is 1. The SMILES string of the molecule is CCNNC(=O)c1cc(Cl)nn1C. The summed E-state index contributed by atoms with van der Waals surface area (Å²) in [6.07, 6.45) is 0. The van der Waals surface area contributed by atoms with Crippen molar-refractivity contribution in [3.63, 3.8) is 0 Å². The number of rotatable bonds is 3. The zero-order valence-electron chi connectivity index (χ0n) is 7.47. The summed E-state index contributed by atoms with van der Waals surface area (Å²) in [6.45, 7) is 2.55. The maximum absolute atomic E-state index is 11.3. The smallest absolute Gasteiger partial charge is 0.283 e. The second-order valence-electron chi connectivity index (χ2n) is 2.46. The van der Waals surface area contributed by atoms with Crippen LogP contribution in [0.2, 0.25) is 5.15 Å². The van der Waals surface area contributed by atoms with E-state index in [1.54, 1.807) is 7.05 Å². The third-order valence-electron chi connectivity index (χ3n) is 1.46. The van der Waals surface area contributed by atoms with E-state index in [1.165, 1.54) is 10.7 Å². The lowest BCUT2D eigenvalue weighted by Gasteiger charge is -2.03. The van der Waals surface area contributed by atoms with E-state index >= 15 is 0 Å². The molecule has 0 aliphatic rings. The molecule has 1 aromatic heterocycles. The number of hydrazine groups is 1. The van der Waals surface area contributed by atoms with Gasteiger partial charge in [0.15, 0.2) is 5.15 Å². The maximum atomic E-state index is 11.3. The molecule has 1 aromatic rings. The van der Waals surface area contributed by atoms with E-state index in [2.05, 4.69) is 16.0 Å². The van der Waals surface area contributed by atoms with Crippen LogP contribution in [0.4, 0.5) is 0 Å². The van der Waals surface area contributed by atoms with Crippen molar-refractivity contribution in [2.24, 2.45) is 7.05 Å². The minimum Gasteiger partial charge on any atom is -0.286 e. The van der Waals surface area contributed by atoms with E-state index in [9.17, 15) is 4.79 Å². The second-order valence-corrected chi connectivity index (χ2v) is 2.85. The fraction of sp³-hybridized carbons (Fsp3) is 0.429. The van der Waals surface area contributed by atoms with Crippen molar-refractivity contribution in [1.82, 2.24) is 20.6 Å². The predicted molar refractivity (Wildman–Crippen MR) is 49.4 cm³/mol. The van der Waals surface area contributed by atoms with Crippen molar-refractivity contribution in [2.45, 2.75) is 6.92 Å². The first kappa shape index (κ1) is 10.0. The molecule has 6 heteroatoms. The molecule has 0 spiro atoms. The van der Waals surface area contributed by atoms with E-state index < -0.39 is 0 Å². The molecule has 0 aliphatic heterocycles. The fourth-order valence-electron chi connectivity index (χ4n) is 0.877. The number of aryl methyl sites for hydroxylation is 1. The van der Waals surface area contributed by atoms with Crippen LogP contribution in [0.3, 0.4) is 0 Å². The van der Waals surface area contributed by atoms with Crippen LogP contribution >= 0.6 is 11.6 Å². The van der Waals surface area contributed by atoms with E-state index in [1.807, 2.05) is 6.92 Å². The molecule has 0 aliphatic carbocycles. The topological polar surface area (TPSA) is 58.9 Å². The molecule has 72 valence electrons. The first-order valence-corrected chi connectivity index (χ1v) is 4.25. The van der Waals surface area contributed by atoms with Gasteiger partial charge in [-0.25, -0.2) is 5.43 Å². The molecule has 0 radical (unpaired) electrons. The molecule has 0 aromatic carbocycles. The number of nitrogens with one attached hydrogen (secondary N) is 2. The highest BCUT2D eigenvalue weighted by Crippen LogP contribution is 2.07. The maximum Gasteiger partial charge on any atom is 0.283 e. The first-order valence-electron chi connectivity index (χ1n) is 3.88. The minimum absolute atomic E-state index is 0.247. The summed E-state index contributed by atoms with van der Waals surface area (Å²) in [5.74, 6) is -0.247. The fourth-order valence-corrected chi connectivity index (χ4v) is 1.09.